The number of nitrogens with one attached hydrogen (secondary N) is 1. The second kappa shape index (κ2) is 4.39. The molecular weight excluding hydrogens is 277 g/mol. The van der Waals surface area contributed by atoms with Crippen LogP contribution >= 0.6 is 0 Å². The number of alkyl halides is 3. The fourth-order valence-electron chi connectivity index (χ4n) is 1.82. The number of amides is 3. The molecule has 1 heterocycles. The van der Waals surface area contributed by atoms with Crippen molar-refractivity contribution in [3.05, 3.63) is 24.3 Å². The van der Waals surface area contributed by atoms with Crippen molar-refractivity contribution in [2.75, 3.05) is 12.0 Å². The normalized spacial score (nSPS) is 22.9. The zero-order chi connectivity index (χ0) is 15.1. The molecule has 1 aliphatic rings. The summed E-state index contributed by atoms with van der Waals surface area (Å²) in [6.07, 6.45) is -4.88. The van der Waals surface area contributed by atoms with E-state index in [-0.39, 0.29) is 5.69 Å². The van der Waals surface area contributed by atoms with Crippen molar-refractivity contribution < 1.29 is 27.5 Å². The van der Waals surface area contributed by atoms with E-state index in [0.29, 0.717) is 17.6 Å². The van der Waals surface area contributed by atoms with Gasteiger partial charge in [0.25, 0.3) is 5.91 Å². The molecule has 0 spiro atoms. The molecule has 1 unspecified atom stereocenters. The van der Waals surface area contributed by atoms with Crippen LogP contribution in [0.2, 0.25) is 0 Å². The van der Waals surface area contributed by atoms with E-state index >= 15 is 0 Å². The summed E-state index contributed by atoms with van der Waals surface area (Å²) in [5.74, 6) is -1.05. The van der Waals surface area contributed by atoms with E-state index in [1.807, 2.05) is 0 Å². The average Bonchev–Trinajstić information content (AvgIpc) is 2.60. The van der Waals surface area contributed by atoms with E-state index in [2.05, 4.69) is 0 Å². The molecule has 8 heteroatoms. The number of rotatable bonds is 2. The van der Waals surface area contributed by atoms with Crippen molar-refractivity contribution in [3.63, 3.8) is 0 Å². The number of nitrogens with zero attached hydrogens (tertiary/aromatic N) is 1. The van der Waals surface area contributed by atoms with Gasteiger partial charge in [-0.15, -0.1) is 0 Å². The lowest BCUT2D eigenvalue weighted by Crippen LogP contribution is -2.56. The molecule has 1 aliphatic heterocycles. The number of hydrogen-bond acceptors (Lipinski definition) is 3. The summed E-state index contributed by atoms with van der Waals surface area (Å²) >= 11 is 0. The van der Waals surface area contributed by atoms with Gasteiger partial charge in [0.05, 0.1) is 12.8 Å². The van der Waals surface area contributed by atoms with E-state index in [0.717, 1.165) is 0 Å². The van der Waals surface area contributed by atoms with E-state index in [9.17, 15) is 22.8 Å². The molecule has 1 atom stereocenters. The SMILES string of the molecule is COc1cccc(N2C(=O)NC(C)(C(F)(F)F)C2=O)c1. The first-order chi connectivity index (χ1) is 9.20. The number of benzene rings is 1. The van der Waals surface area contributed by atoms with Gasteiger partial charge in [-0.25, -0.2) is 9.69 Å². The van der Waals surface area contributed by atoms with Crippen LogP contribution in [0.4, 0.5) is 23.7 Å². The summed E-state index contributed by atoms with van der Waals surface area (Å²) < 4.78 is 43.7. The highest BCUT2D eigenvalue weighted by Crippen LogP contribution is 2.37. The molecule has 5 nitrogen and oxygen atoms in total. The number of carbonyl (C=O) groups excluding carboxylic acids is 2. The third kappa shape index (κ3) is 1.97. The highest BCUT2D eigenvalue weighted by atomic mass is 19.4. The quantitative estimate of drug-likeness (QED) is 0.848. The molecule has 1 fully saturated rings. The Hall–Kier alpha value is -2.25. The standard InChI is InChI=1S/C12H11F3N2O3/c1-11(12(13,14)15)9(18)17(10(19)16-11)7-4-3-5-8(6-7)20-2/h3-6H,1-2H3,(H,16,19). The highest BCUT2D eigenvalue weighted by molar-refractivity contribution is 6.23. The maximum absolute atomic E-state index is 12.9. The van der Waals surface area contributed by atoms with E-state index in [1.54, 1.807) is 11.4 Å². The zero-order valence-electron chi connectivity index (χ0n) is 10.6. The Labute approximate surface area is 112 Å². The Balaban J connectivity index is 2.44. The van der Waals surface area contributed by atoms with Crippen LogP contribution < -0.4 is 15.0 Å². The van der Waals surface area contributed by atoms with Crippen LogP contribution in [0, 0.1) is 0 Å². The minimum atomic E-state index is -4.88. The molecule has 0 saturated carbocycles. The van der Waals surface area contributed by atoms with E-state index in [1.165, 1.54) is 25.3 Å². The van der Waals surface area contributed by atoms with Gasteiger partial charge >= 0.3 is 12.2 Å². The number of carbonyl (C=O) groups is 2. The number of hydrogen-bond donors (Lipinski definition) is 1. The topological polar surface area (TPSA) is 58.6 Å². The molecule has 1 N–H and O–H groups in total. The van der Waals surface area contributed by atoms with Crippen LogP contribution in [0.5, 0.6) is 5.75 Å². The van der Waals surface area contributed by atoms with Crippen LogP contribution in [0.25, 0.3) is 0 Å². The van der Waals surface area contributed by atoms with Gasteiger partial charge in [0.2, 0.25) is 5.54 Å². The Morgan fingerprint density at radius 1 is 1.30 bits per heavy atom. The highest BCUT2D eigenvalue weighted by Gasteiger charge is 2.64. The van der Waals surface area contributed by atoms with Crippen LogP contribution in [-0.4, -0.2) is 30.8 Å². The first-order valence-corrected chi connectivity index (χ1v) is 5.58. The van der Waals surface area contributed by atoms with Crippen LogP contribution in [0.15, 0.2) is 24.3 Å². The van der Waals surface area contributed by atoms with Crippen molar-refractivity contribution in [3.8, 4) is 5.75 Å². The summed E-state index contributed by atoms with van der Waals surface area (Å²) in [7, 11) is 1.37. The van der Waals surface area contributed by atoms with Gasteiger partial charge in [-0.2, -0.15) is 13.2 Å². The van der Waals surface area contributed by atoms with Crippen molar-refractivity contribution in [2.24, 2.45) is 0 Å². The summed E-state index contributed by atoms with van der Waals surface area (Å²) in [5.41, 5.74) is -2.91. The number of halogens is 3. The predicted molar refractivity (Wildman–Crippen MR) is 63.5 cm³/mol. The number of urea groups is 1. The average molecular weight is 288 g/mol. The minimum absolute atomic E-state index is 0.0137. The largest absolute Gasteiger partial charge is 0.497 e. The first kappa shape index (κ1) is 14.2. The maximum Gasteiger partial charge on any atom is 0.420 e. The van der Waals surface area contributed by atoms with Crippen LogP contribution in [-0.2, 0) is 4.79 Å². The number of ether oxygens (including phenoxy) is 1. The first-order valence-electron chi connectivity index (χ1n) is 5.58. The molecule has 0 aliphatic carbocycles. The van der Waals surface area contributed by atoms with Gasteiger partial charge in [-0.3, -0.25) is 4.79 Å². The Bertz CT molecular complexity index is 573. The lowest BCUT2D eigenvalue weighted by molar-refractivity contribution is -0.187. The number of methoxy groups -OCH3 is 1. The molecular formula is C12H11F3N2O3. The van der Waals surface area contributed by atoms with Crippen molar-refractivity contribution in [1.29, 1.82) is 0 Å². The van der Waals surface area contributed by atoms with Crippen molar-refractivity contribution in [2.45, 2.75) is 18.6 Å². The van der Waals surface area contributed by atoms with Crippen molar-refractivity contribution >= 4 is 17.6 Å². The smallest absolute Gasteiger partial charge is 0.420 e. The summed E-state index contributed by atoms with van der Waals surface area (Å²) in [4.78, 5) is 24.1. The molecule has 0 aromatic heterocycles. The van der Waals surface area contributed by atoms with Gasteiger partial charge < -0.3 is 10.1 Å². The molecule has 0 radical (unpaired) electrons. The molecule has 2 rings (SSSR count). The minimum Gasteiger partial charge on any atom is -0.497 e. The van der Waals surface area contributed by atoms with Crippen LogP contribution in [0.1, 0.15) is 6.92 Å². The van der Waals surface area contributed by atoms with E-state index in [4.69, 9.17) is 4.74 Å². The molecule has 0 bridgehead atoms. The monoisotopic (exact) mass is 288 g/mol. The van der Waals surface area contributed by atoms with Gasteiger partial charge in [0.1, 0.15) is 5.75 Å². The van der Waals surface area contributed by atoms with Crippen LogP contribution in [0.3, 0.4) is 0 Å². The lowest BCUT2D eigenvalue weighted by atomic mass is 10.0. The molecule has 108 valence electrons. The summed E-state index contributed by atoms with van der Waals surface area (Å²) in [5, 5.41) is 1.68. The van der Waals surface area contributed by atoms with Gasteiger partial charge in [0.15, 0.2) is 0 Å². The zero-order valence-corrected chi connectivity index (χ0v) is 10.6. The van der Waals surface area contributed by atoms with Gasteiger partial charge in [-0.1, -0.05) is 6.07 Å². The molecule has 3 amide bonds. The predicted octanol–water partition coefficient (Wildman–Crippen LogP) is 2.07. The second-order valence-corrected chi connectivity index (χ2v) is 4.39. The third-order valence-corrected chi connectivity index (χ3v) is 3.07. The van der Waals surface area contributed by atoms with Gasteiger partial charge in [-0.05, 0) is 19.1 Å². The lowest BCUT2D eigenvalue weighted by Gasteiger charge is -2.24. The number of anilines is 1. The Morgan fingerprint density at radius 3 is 2.45 bits per heavy atom. The summed E-state index contributed by atoms with van der Waals surface area (Å²) in [6.45, 7) is 0.632. The number of imide groups is 1. The third-order valence-electron chi connectivity index (χ3n) is 3.07. The fourth-order valence-corrected chi connectivity index (χ4v) is 1.82. The molecule has 1 saturated heterocycles. The Morgan fingerprint density at radius 2 is 1.95 bits per heavy atom. The van der Waals surface area contributed by atoms with Crippen molar-refractivity contribution in [1.82, 2.24) is 5.32 Å². The molecule has 1 aromatic carbocycles. The second-order valence-electron chi connectivity index (χ2n) is 4.39. The Kier molecular flexibility index (Phi) is 3.11. The van der Waals surface area contributed by atoms with E-state index < -0.39 is 23.7 Å². The molecule has 20 heavy (non-hydrogen) atoms. The summed E-state index contributed by atoms with van der Waals surface area (Å²) in [6, 6.07) is 4.55. The van der Waals surface area contributed by atoms with Gasteiger partial charge in [0, 0.05) is 6.07 Å². The molecule has 1 aromatic rings. The maximum atomic E-state index is 12.9. The fraction of sp³-hybridized carbons (Fsp3) is 0.333.